The molecule has 0 aliphatic heterocycles. The maximum atomic E-state index is 12.9. The number of aryl methyl sites for hydroxylation is 3. The molecule has 0 unspecified atom stereocenters. The largest absolute Gasteiger partial charge is 0.321 e. The SMILES string of the molecule is CCc1ccc(NC(=O)c2c(CC)nc3c(Br)cc(C)cn23)cc1. The van der Waals surface area contributed by atoms with E-state index in [2.05, 4.69) is 33.2 Å². The molecule has 1 amide bonds. The fourth-order valence-corrected chi connectivity index (χ4v) is 3.42. The normalized spacial score (nSPS) is 11.0. The lowest BCUT2D eigenvalue weighted by Gasteiger charge is -2.08. The minimum Gasteiger partial charge on any atom is -0.321 e. The standard InChI is InChI=1S/C19H20BrN3O/c1-4-13-6-8-14(9-7-13)21-19(24)17-16(5-2)22-18-15(20)10-12(3)11-23(17)18/h6-11H,4-5H2,1-3H3,(H,21,24). The van der Waals surface area contributed by atoms with Crippen molar-refractivity contribution in [2.45, 2.75) is 33.6 Å². The van der Waals surface area contributed by atoms with E-state index in [0.29, 0.717) is 12.1 Å². The minimum atomic E-state index is -0.138. The number of benzene rings is 1. The van der Waals surface area contributed by atoms with E-state index < -0.39 is 0 Å². The number of carbonyl (C=O) groups is 1. The molecule has 0 bridgehead atoms. The quantitative estimate of drug-likeness (QED) is 0.701. The molecular formula is C19H20BrN3O. The number of hydrogen-bond donors (Lipinski definition) is 1. The van der Waals surface area contributed by atoms with Gasteiger partial charge in [0.25, 0.3) is 5.91 Å². The van der Waals surface area contributed by atoms with E-state index in [1.54, 1.807) is 0 Å². The number of imidazole rings is 1. The predicted molar refractivity (Wildman–Crippen MR) is 101 cm³/mol. The van der Waals surface area contributed by atoms with Crippen LogP contribution in [0.1, 0.15) is 41.2 Å². The molecule has 24 heavy (non-hydrogen) atoms. The van der Waals surface area contributed by atoms with Crippen molar-refractivity contribution in [2.75, 3.05) is 5.32 Å². The van der Waals surface area contributed by atoms with Gasteiger partial charge < -0.3 is 5.32 Å². The van der Waals surface area contributed by atoms with Crippen molar-refractivity contribution in [3.05, 3.63) is 63.5 Å². The van der Waals surface area contributed by atoms with E-state index in [-0.39, 0.29) is 5.91 Å². The number of hydrogen-bond acceptors (Lipinski definition) is 2. The molecule has 0 atom stereocenters. The molecule has 0 spiro atoms. The van der Waals surface area contributed by atoms with Crippen LogP contribution in [0.25, 0.3) is 5.65 Å². The molecule has 3 aromatic rings. The highest BCUT2D eigenvalue weighted by Crippen LogP contribution is 2.24. The van der Waals surface area contributed by atoms with Crippen molar-refractivity contribution < 1.29 is 4.79 Å². The van der Waals surface area contributed by atoms with E-state index >= 15 is 0 Å². The predicted octanol–water partition coefficient (Wildman–Crippen LogP) is 4.78. The summed E-state index contributed by atoms with van der Waals surface area (Å²) in [6.45, 7) is 6.12. The highest BCUT2D eigenvalue weighted by atomic mass is 79.9. The van der Waals surface area contributed by atoms with Gasteiger partial charge in [0.05, 0.1) is 10.2 Å². The fourth-order valence-electron chi connectivity index (χ4n) is 2.78. The molecular weight excluding hydrogens is 366 g/mol. The first-order chi connectivity index (χ1) is 11.5. The molecule has 0 radical (unpaired) electrons. The summed E-state index contributed by atoms with van der Waals surface area (Å²) in [5.74, 6) is -0.138. The molecule has 124 valence electrons. The van der Waals surface area contributed by atoms with Crippen LogP contribution in [-0.4, -0.2) is 15.3 Å². The van der Waals surface area contributed by atoms with E-state index in [0.717, 1.165) is 33.5 Å². The molecule has 1 N–H and O–H groups in total. The topological polar surface area (TPSA) is 46.4 Å². The van der Waals surface area contributed by atoms with Crippen LogP contribution in [-0.2, 0) is 12.8 Å². The van der Waals surface area contributed by atoms with Gasteiger partial charge >= 0.3 is 0 Å². The zero-order valence-electron chi connectivity index (χ0n) is 14.1. The first-order valence-electron chi connectivity index (χ1n) is 8.10. The number of rotatable bonds is 4. The third-order valence-corrected chi connectivity index (χ3v) is 4.64. The zero-order chi connectivity index (χ0) is 17.3. The lowest BCUT2D eigenvalue weighted by atomic mass is 10.1. The van der Waals surface area contributed by atoms with E-state index in [9.17, 15) is 4.79 Å². The van der Waals surface area contributed by atoms with Crippen LogP contribution in [0.5, 0.6) is 0 Å². The molecule has 2 aromatic heterocycles. The van der Waals surface area contributed by atoms with Crippen molar-refractivity contribution in [2.24, 2.45) is 0 Å². The molecule has 1 aromatic carbocycles. The van der Waals surface area contributed by atoms with Gasteiger partial charge in [-0.05, 0) is 65.0 Å². The zero-order valence-corrected chi connectivity index (χ0v) is 15.6. The van der Waals surface area contributed by atoms with Crippen molar-refractivity contribution in [3.8, 4) is 0 Å². The van der Waals surface area contributed by atoms with Gasteiger partial charge in [0.15, 0.2) is 5.65 Å². The van der Waals surface area contributed by atoms with Gasteiger partial charge in [-0.2, -0.15) is 0 Å². The van der Waals surface area contributed by atoms with Gasteiger partial charge in [-0.1, -0.05) is 26.0 Å². The average Bonchev–Trinajstić information content (AvgIpc) is 2.94. The van der Waals surface area contributed by atoms with Gasteiger partial charge in [0, 0.05) is 11.9 Å². The lowest BCUT2D eigenvalue weighted by Crippen LogP contribution is -2.16. The number of aromatic nitrogens is 2. The summed E-state index contributed by atoms with van der Waals surface area (Å²) >= 11 is 3.54. The Morgan fingerprint density at radius 2 is 1.92 bits per heavy atom. The summed E-state index contributed by atoms with van der Waals surface area (Å²) in [4.78, 5) is 17.5. The third-order valence-electron chi connectivity index (χ3n) is 4.05. The van der Waals surface area contributed by atoms with E-state index in [1.165, 1.54) is 5.56 Å². The third kappa shape index (κ3) is 3.08. The maximum absolute atomic E-state index is 12.9. The number of fused-ring (bicyclic) bond motifs is 1. The fraction of sp³-hybridized carbons (Fsp3) is 0.263. The second kappa shape index (κ2) is 6.77. The van der Waals surface area contributed by atoms with Crippen LogP contribution in [0, 0.1) is 6.92 Å². The molecule has 4 nitrogen and oxygen atoms in total. The molecule has 0 saturated carbocycles. The minimum absolute atomic E-state index is 0.138. The van der Waals surface area contributed by atoms with Crippen molar-refractivity contribution >= 4 is 33.2 Å². The lowest BCUT2D eigenvalue weighted by molar-refractivity contribution is 0.102. The van der Waals surface area contributed by atoms with Crippen LogP contribution in [0.3, 0.4) is 0 Å². The molecule has 0 aliphatic carbocycles. The molecule has 0 fully saturated rings. The summed E-state index contributed by atoms with van der Waals surface area (Å²) < 4.78 is 2.76. The van der Waals surface area contributed by atoms with E-state index in [1.807, 2.05) is 54.8 Å². The Morgan fingerprint density at radius 3 is 2.54 bits per heavy atom. The molecule has 2 heterocycles. The number of nitrogens with zero attached hydrogens (tertiary/aromatic N) is 2. The summed E-state index contributed by atoms with van der Waals surface area (Å²) in [7, 11) is 0. The average molecular weight is 386 g/mol. The number of anilines is 1. The van der Waals surface area contributed by atoms with Gasteiger partial charge in [0.2, 0.25) is 0 Å². The first-order valence-corrected chi connectivity index (χ1v) is 8.90. The molecule has 0 saturated heterocycles. The maximum Gasteiger partial charge on any atom is 0.274 e. The van der Waals surface area contributed by atoms with Crippen LogP contribution in [0.4, 0.5) is 5.69 Å². The summed E-state index contributed by atoms with van der Waals surface area (Å²) in [6.07, 6.45) is 3.63. The van der Waals surface area contributed by atoms with Crippen LogP contribution in [0.2, 0.25) is 0 Å². The Hall–Kier alpha value is -2.14. The summed E-state index contributed by atoms with van der Waals surface area (Å²) in [5.41, 5.74) is 5.26. The van der Waals surface area contributed by atoms with Crippen LogP contribution < -0.4 is 5.32 Å². The Morgan fingerprint density at radius 1 is 1.21 bits per heavy atom. The van der Waals surface area contributed by atoms with Gasteiger partial charge in [-0.3, -0.25) is 9.20 Å². The molecule has 5 heteroatoms. The summed E-state index contributed by atoms with van der Waals surface area (Å²) in [5, 5.41) is 2.99. The molecule has 3 rings (SSSR count). The number of pyridine rings is 1. The number of amides is 1. The summed E-state index contributed by atoms with van der Waals surface area (Å²) in [6, 6.07) is 9.95. The number of nitrogens with one attached hydrogen (secondary N) is 1. The second-order valence-corrected chi connectivity index (χ2v) is 6.68. The van der Waals surface area contributed by atoms with Gasteiger partial charge in [0.1, 0.15) is 5.69 Å². The monoisotopic (exact) mass is 385 g/mol. The number of halogens is 1. The van der Waals surface area contributed by atoms with E-state index in [4.69, 9.17) is 0 Å². The molecule has 0 aliphatic rings. The Labute approximate surface area is 150 Å². The van der Waals surface area contributed by atoms with Crippen LogP contribution in [0.15, 0.2) is 41.0 Å². The van der Waals surface area contributed by atoms with Gasteiger partial charge in [-0.25, -0.2) is 4.98 Å². The Balaban J connectivity index is 2.02. The smallest absolute Gasteiger partial charge is 0.274 e. The second-order valence-electron chi connectivity index (χ2n) is 5.82. The van der Waals surface area contributed by atoms with Gasteiger partial charge in [-0.15, -0.1) is 0 Å². The van der Waals surface area contributed by atoms with Crippen molar-refractivity contribution in [1.29, 1.82) is 0 Å². The highest BCUT2D eigenvalue weighted by molar-refractivity contribution is 9.10. The van der Waals surface area contributed by atoms with Crippen molar-refractivity contribution in [3.63, 3.8) is 0 Å². The number of carbonyl (C=O) groups excluding carboxylic acids is 1. The Bertz CT molecular complexity index is 897. The highest BCUT2D eigenvalue weighted by Gasteiger charge is 2.20. The Kier molecular flexibility index (Phi) is 4.71. The van der Waals surface area contributed by atoms with Crippen molar-refractivity contribution in [1.82, 2.24) is 9.38 Å². The first kappa shape index (κ1) is 16.7. The van der Waals surface area contributed by atoms with Crippen LogP contribution >= 0.6 is 15.9 Å².